The summed E-state index contributed by atoms with van der Waals surface area (Å²) in [5.41, 5.74) is 2.65. The molecule has 18 heavy (non-hydrogen) atoms. The molecule has 94 valence electrons. The number of benzene rings is 1. The number of hydrogen-bond acceptors (Lipinski definition) is 4. The number of nitrogens with zero attached hydrogens (tertiary/aromatic N) is 1. The highest BCUT2D eigenvalue weighted by Gasteiger charge is 2.06. The molecule has 0 radical (unpaired) electrons. The molecule has 0 aliphatic heterocycles. The molecule has 6 heteroatoms. The Kier molecular flexibility index (Phi) is 3.69. The average Bonchev–Trinajstić information content (AvgIpc) is 2.37. The van der Waals surface area contributed by atoms with Crippen LogP contribution in [0, 0.1) is 0 Å². The zero-order valence-electron chi connectivity index (χ0n) is 9.90. The first-order valence-electron chi connectivity index (χ1n) is 5.50. The van der Waals surface area contributed by atoms with Gasteiger partial charge in [0.1, 0.15) is 5.82 Å². The Morgan fingerprint density at radius 1 is 1.44 bits per heavy atom. The smallest absolute Gasteiger partial charge is 0.258 e. The fourth-order valence-electron chi connectivity index (χ4n) is 1.65. The highest BCUT2D eigenvalue weighted by molar-refractivity contribution is 5.77. The van der Waals surface area contributed by atoms with Crippen LogP contribution < -0.4 is 11.0 Å². The molecule has 0 saturated heterocycles. The van der Waals surface area contributed by atoms with Crippen molar-refractivity contribution in [2.24, 2.45) is 0 Å². The lowest BCUT2D eigenvalue weighted by atomic mass is 10.2. The van der Waals surface area contributed by atoms with Crippen LogP contribution in [0.5, 0.6) is 0 Å². The maximum atomic E-state index is 11.7. The van der Waals surface area contributed by atoms with Gasteiger partial charge in [-0.1, -0.05) is 12.1 Å². The summed E-state index contributed by atoms with van der Waals surface area (Å²) in [6.07, 6.45) is 0.560. The zero-order valence-corrected chi connectivity index (χ0v) is 9.90. The van der Waals surface area contributed by atoms with E-state index in [2.05, 4.69) is 20.3 Å². The van der Waals surface area contributed by atoms with Gasteiger partial charge in [0.2, 0.25) is 5.91 Å². The maximum absolute atomic E-state index is 11.7. The van der Waals surface area contributed by atoms with Crippen molar-refractivity contribution in [3.8, 4) is 0 Å². The quantitative estimate of drug-likeness (QED) is 0.772. The second-order valence-electron chi connectivity index (χ2n) is 3.76. The minimum atomic E-state index is -0.256. The molecule has 1 aromatic heterocycles. The molecule has 0 saturated carbocycles. The van der Waals surface area contributed by atoms with Crippen molar-refractivity contribution in [2.75, 3.05) is 7.11 Å². The lowest BCUT2D eigenvalue weighted by Gasteiger charge is -2.03. The number of nitrogens with one attached hydrogen (secondary N) is 2. The van der Waals surface area contributed by atoms with Crippen molar-refractivity contribution in [3.63, 3.8) is 0 Å². The highest BCUT2D eigenvalue weighted by atomic mass is 16.6. The van der Waals surface area contributed by atoms with Crippen LogP contribution in [0.1, 0.15) is 12.2 Å². The van der Waals surface area contributed by atoms with Crippen molar-refractivity contribution in [1.29, 1.82) is 0 Å². The van der Waals surface area contributed by atoms with E-state index < -0.39 is 0 Å². The van der Waals surface area contributed by atoms with Crippen molar-refractivity contribution in [1.82, 2.24) is 15.4 Å². The van der Waals surface area contributed by atoms with Crippen molar-refractivity contribution < 1.29 is 9.63 Å². The summed E-state index contributed by atoms with van der Waals surface area (Å²) in [5, 5.41) is 0.544. The monoisotopic (exact) mass is 247 g/mol. The summed E-state index contributed by atoms with van der Waals surface area (Å²) >= 11 is 0. The summed E-state index contributed by atoms with van der Waals surface area (Å²) < 4.78 is 0. The number of aromatic nitrogens is 2. The van der Waals surface area contributed by atoms with E-state index in [-0.39, 0.29) is 17.9 Å². The molecular weight excluding hydrogens is 234 g/mol. The van der Waals surface area contributed by atoms with E-state index in [0.29, 0.717) is 23.1 Å². The number of H-pyrrole nitrogens is 1. The van der Waals surface area contributed by atoms with Gasteiger partial charge in [-0.3, -0.25) is 14.4 Å². The van der Waals surface area contributed by atoms with Crippen LogP contribution in [-0.4, -0.2) is 23.0 Å². The minimum absolute atomic E-state index is 0.192. The number of aromatic amines is 1. The third kappa shape index (κ3) is 2.72. The van der Waals surface area contributed by atoms with Gasteiger partial charge in [0.25, 0.3) is 5.56 Å². The van der Waals surface area contributed by atoms with Gasteiger partial charge in [-0.2, -0.15) is 0 Å². The van der Waals surface area contributed by atoms with Gasteiger partial charge in [-0.15, -0.1) is 0 Å². The number of fused-ring (bicyclic) bond motifs is 1. The molecule has 6 nitrogen and oxygen atoms in total. The van der Waals surface area contributed by atoms with E-state index in [1.54, 1.807) is 18.2 Å². The number of carbonyl (C=O) groups is 1. The second kappa shape index (κ2) is 5.42. The first kappa shape index (κ1) is 12.3. The Bertz CT molecular complexity index is 621. The van der Waals surface area contributed by atoms with E-state index in [9.17, 15) is 9.59 Å². The Morgan fingerprint density at radius 2 is 2.22 bits per heavy atom. The Labute approximate surface area is 103 Å². The van der Waals surface area contributed by atoms with Crippen LogP contribution in [-0.2, 0) is 16.1 Å². The fraction of sp³-hybridized carbons (Fsp3) is 0.250. The van der Waals surface area contributed by atoms with Crippen molar-refractivity contribution in [2.45, 2.75) is 12.8 Å². The summed E-state index contributed by atoms with van der Waals surface area (Å²) in [6.45, 7) is 0. The molecular formula is C12H13N3O3. The number of amides is 1. The summed E-state index contributed by atoms with van der Waals surface area (Å²) in [5.74, 6) is 0.235. The Balaban J connectivity index is 2.20. The van der Waals surface area contributed by atoms with Crippen LogP contribution in [0.2, 0.25) is 0 Å². The topological polar surface area (TPSA) is 84.1 Å². The second-order valence-corrected chi connectivity index (χ2v) is 3.76. The van der Waals surface area contributed by atoms with Crippen molar-refractivity contribution >= 4 is 16.8 Å². The number of hydroxylamine groups is 1. The van der Waals surface area contributed by atoms with E-state index in [0.717, 1.165) is 0 Å². The lowest BCUT2D eigenvalue weighted by Crippen LogP contribution is -2.22. The predicted molar refractivity (Wildman–Crippen MR) is 65.8 cm³/mol. The van der Waals surface area contributed by atoms with Gasteiger partial charge in [0, 0.05) is 12.8 Å². The summed E-state index contributed by atoms with van der Waals surface area (Å²) in [7, 11) is 1.37. The molecule has 0 bridgehead atoms. The van der Waals surface area contributed by atoms with Gasteiger partial charge in [-0.05, 0) is 12.1 Å². The Morgan fingerprint density at radius 3 is 3.00 bits per heavy atom. The molecule has 0 aliphatic rings. The van der Waals surface area contributed by atoms with Crippen LogP contribution in [0.3, 0.4) is 0 Å². The molecule has 0 spiro atoms. The van der Waals surface area contributed by atoms with Gasteiger partial charge in [-0.25, -0.2) is 10.5 Å². The zero-order chi connectivity index (χ0) is 13.0. The van der Waals surface area contributed by atoms with Crippen LogP contribution in [0.15, 0.2) is 29.1 Å². The van der Waals surface area contributed by atoms with E-state index in [4.69, 9.17) is 0 Å². The molecule has 1 amide bonds. The molecule has 2 aromatic rings. The molecule has 2 rings (SSSR count). The van der Waals surface area contributed by atoms with E-state index in [1.165, 1.54) is 7.11 Å². The maximum Gasteiger partial charge on any atom is 0.258 e. The molecule has 0 aliphatic carbocycles. The average molecular weight is 247 g/mol. The Hall–Kier alpha value is -2.21. The van der Waals surface area contributed by atoms with Crippen molar-refractivity contribution in [3.05, 3.63) is 40.4 Å². The van der Waals surface area contributed by atoms with Gasteiger partial charge in [0.05, 0.1) is 18.0 Å². The molecule has 1 heterocycles. The predicted octanol–water partition coefficient (Wildman–Crippen LogP) is 0.533. The number of para-hydroxylation sites is 1. The summed E-state index contributed by atoms with van der Waals surface area (Å²) in [6, 6.07) is 7.08. The molecule has 1 aromatic carbocycles. The van der Waals surface area contributed by atoms with Crippen LogP contribution in [0.4, 0.5) is 0 Å². The highest BCUT2D eigenvalue weighted by Crippen LogP contribution is 2.06. The van der Waals surface area contributed by atoms with Gasteiger partial charge >= 0.3 is 0 Å². The summed E-state index contributed by atoms with van der Waals surface area (Å²) in [4.78, 5) is 34.4. The molecule has 2 N–H and O–H groups in total. The minimum Gasteiger partial charge on any atom is -0.310 e. The first-order valence-corrected chi connectivity index (χ1v) is 5.50. The largest absolute Gasteiger partial charge is 0.310 e. The third-order valence-electron chi connectivity index (χ3n) is 2.47. The number of rotatable bonds is 4. The van der Waals surface area contributed by atoms with Gasteiger partial charge < -0.3 is 4.98 Å². The normalized spacial score (nSPS) is 10.5. The molecule has 0 atom stereocenters. The third-order valence-corrected chi connectivity index (χ3v) is 2.47. The molecule has 0 fully saturated rings. The number of aryl methyl sites for hydroxylation is 1. The van der Waals surface area contributed by atoms with Gasteiger partial charge in [0.15, 0.2) is 0 Å². The molecule has 0 unspecified atom stereocenters. The fourth-order valence-corrected chi connectivity index (χ4v) is 1.65. The number of carbonyl (C=O) groups excluding carboxylic acids is 1. The van der Waals surface area contributed by atoms with Crippen LogP contribution in [0.25, 0.3) is 10.9 Å². The van der Waals surface area contributed by atoms with E-state index >= 15 is 0 Å². The first-order chi connectivity index (χ1) is 8.70. The lowest BCUT2D eigenvalue weighted by molar-refractivity contribution is -0.131. The SMILES string of the molecule is CONC(=O)CCc1nc2ccccc2c(=O)[nH]1. The number of hydrogen-bond donors (Lipinski definition) is 2. The standard InChI is InChI=1S/C12H13N3O3/c1-18-15-11(16)7-6-10-13-9-5-3-2-4-8(9)12(17)14-10/h2-5H,6-7H2,1H3,(H,15,16)(H,13,14,17). The van der Waals surface area contributed by atoms with E-state index in [1.807, 2.05) is 6.07 Å². The van der Waals surface area contributed by atoms with Crippen LogP contribution >= 0.6 is 0 Å².